The van der Waals surface area contributed by atoms with Crippen LogP contribution in [0.25, 0.3) is 0 Å². The van der Waals surface area contributed by atoms with E-state index >= 15 is 0 Å². The van der Waals surface area contributed by atoms with E-state index in [1.165, 1.54) is 6.07 Å². The average Bonchev–Trinajstić information content (AvgIpc) is 2.36. The summed E-state index contributed by atoms with van der Waals surface area (Å²) in [7, 11) is -4.21. The minimum Gasteiger partial charge on any atom is -0.211 e. The lowest BCUT2D eigenvalue weighted by Crippen LogP contribution is -2.35. The van der Waals surface area contributed by atoms with E-state index in [0.29, 0.717) is 5.33 Å². The molecule has 8 heteroatoms. The van der Waals surface area contributed by atoms with Gasteiger partial charge in [0.2, 0.25) is 10.0 Å². The number of hydrogen-bond acceptors (Lipinski definition) is 2. The summed E-state index contributed by atoms with van der Waals surface area (Å²) in [6.45, 7) is 3.62. The molecule has 1 rings (SSSR count). The first-order valence-corrected chi connectivity index (χ1v) is 8.32. The van der Waals surface area contributed by atoms with Gasteiger partial charge in [0, 0.05) is 11.9 Å². The van der Waals surface area contributed by atoms with Crippen LogP contribution in [0, 0.1) is 5.41 Å². The van der Waals surface area contributed by atoms with Gasteiger partial charge in [0.15, 0.2) is 0 Å². The SMILES string of the molecule is CC(C)(CBr)CNS(=O)(=O)c1ccccc1C(F)(F)F. The van der Waals surface area contributed by atoms with Gasteiger partial charge >= 0.3 is 6.18 Å². The number of sulfonamides is 1. The van der Waals surface area contributed by atoms with Crippen molar-refractivity contribution in [3.05, 3.63) is 29.8 Å². The van der Waals surface area contributed by atoms with Crippen molar-refractivity contribution in [2.24, 2.45) is 5.41 Å². The Bertz CT molecular complexity index is 570. The van der Waals surface area contributed by atoms with Crippen LogP contribution in [0.15, 0.2) is 29.2 Å². The van der Waals surface area contributed by atoms with Gasteiger partial charge in [-0.15, -0.1) is 0 Å². The van der Waals surface area contributed by atoms with Crippen LogP contribution >= 0.6 is 15.9 Å². The molecule has 1 aromatic carbocycles. The van der Waals surface area contributed by atoms with Crippen molar-refractivity contribution in [2.75, 3.05) is 11.9 Å². The fourth-order valence-corrected chi connectivity index (χ4v) is 3.02. The number of rotatable bonds is 5. The predicted octanol–water partition coefficient (Wildman–Crippen LogP) is 3.40. The standard InChI is InChI=1S/C12H15BrF3NO2S/c1-11(2,7-13)8-17-20(18,19)10-6-4-3-5-9(10)12(14,15)16/h3-6,17H,7-8H2,1-2H3. The zero-order valence-electron chi connectivity index (χ0n) is 11.0. The molecule has 0 saturated carbocycles. The van der Waals surface area contributed by atoms with E-state index in [0.717, 1.165) is 18.2 Å². The molecule has 114 valence electrons. The smallest absolute Gasteiger partial charge is 0.211 e. The second kappa shape index (κ2) is 6.03. The zero-order valence-corrected chi connectivity index (χ0v) is 13.4. The number of hydrogen-bond donors (Lipinski definition) is 1. The highest BCUT2D eigenvalue weighted by atomic mass is 79.9. The minimum atomic E-state index is -4.71. The van der Waals surface area contributed by atoms with Crippen LogP contribution in [0.1, 0.15) is 19.4 Å². The largest absolute Gasteiger partial charge is 0.417 e. The average molecular weight is 374 g/mol. The van der Waals surface area contributed by atoms with E-state index in [4.69, 9.17) is 0 Å². The van der Waals surface area contributed by atoms with E-state index in [1.807, 2.05) is 0 Å². The first-order chi connectivity index (χ1) is 8.99. The molecule has 0 aromatic heterocycles. The van der Waals surface area contributed by atoms with Crippen molar-refractivity contribution < 1.29 is 21.6 Å². The first kappa shape index (κ1) is 17.5. The summed E-state index contributed by atoms with van der Waals surface area (Å²) in [5.41, 5.74) is -1.57. The lowest BCUT2D eigenvalue weighted by Gasteiger charge is -2.22. The second-order valence-electron chi connectivity index (χ2n) is 5.12. The molecule has 20 heavy (non-hydrogen) atoms. The Balaban J connectivity index is 3.12. The Morgan fingerprint density at radius 1 is 1.20 bits per heavy atom. The highest BCUT2D eigenvalue weighted by molar-refractivity contribution is 9.09. The van der Waals surface area contributed by atoms with Crippen molar-refractivity contribution in [3.8, 4) is 0 Å². The zero-order chi connectivity index (χ0) is 15.6. The summed E-state index contributed by atoms with van der Waals surface area (Å²) in [5.74, 6) is 0. The normalized spacial score (nSPS) is 13.5. The predicted molar refractivity (Wildman–Crippen MR) is 74.2 cm³/mol. The van der Waals surface area contributed by atoms with Crippen LogP contribution in [-0.4, -0.2) is 20.3 Å². The van der Waals surface area contributed by atoms with Gasteiger partial charge in [-0.3, -0.25) is 0 Å². The molecule has 0 fully saturated rings. The highest BCUT2D eigenvalue weighted by Gasteiger charge is 2.37. The molecule has 0 amide bonds. The third kappa shape index (κ3) is 4.46. The van der Waals surface area contributed by atoms with Crippen molar-refractivity contribution in [2.45, 2.75) is 24.9 Å². The van der Waals surface area contributed by atoms with Crippen LogP contribution in [0.2, 0.25) is 0 Å². The Kier molecular flexibility index (Phi) is 5.26. The molecule has 0 unspecified atom stereocenters. The molecule has 0 bridgehead atoms. The van der Waals surface area contributed by atoms with Gasteiger partial charge in [0.25, 0.3) is 0 Å². The third-order valence-corrected chi connectivity index (χ3v) is 5.56. The molecule has 0 aliphatic rings. The number of benzene rings is 1. The van der Waals surface area contributed by atoms with Gasteiger partial charge in [-0.25, -0.2) is 13.1 Å². The number of alkyl halides is 4. The van der Waals surface area contributed by atoms with Crippen molar-refractivity contribution >= 4 is 26.0 Å². The first-order valence-electron chi connectivity index (χ1n) is 5.71. The molecular weight excluding hydrogens is 359 g/mol. The van der Waals surface area contributed by atoms with Gasteiger partial charge in [-0.1, -0.05) is 41.9 Å². The van der Waals surface area contributed by atoms with E-state index in [2.05, 4.69) is 20.7 Å². The minimum absolute atomic E-state index is 0.0345. The fraction of sp³-hybridized carbons (Fsp3) is 0.500. The number of nitrogens with one attached hydrogen (secondary N) is 1. The molecule has 0 radical (unpaired) electrons. The molecule has 0 saturated heterocycles. The molecule has 0 aliphatic heterocycles. The molecular formula is C12H15BrF3NO2S. The lowest BCUT2D eigenvalue weighted by atomic mass is 9.98. The summed E-state index contributed by atoms with van der Waals surface area (Å²) in [5, 5.41) is 0.517. The van der Waals surface area contributed by atoms with Gasteiger partial charge < -0.3 is 0 Å². The van der Waals surface area contributed by atoms with Gasteiger partial charge in [0.1, 0.15) is 0 Å². The van der Waals surface area contributed by atoms with E-state index in [9.17, 15) is 21.6 Å². The van der Waals surface area contributed by atoms with Crippen LogP contribution in [0.5, 0.6) is 0 Å². The Hall–Kier alpha value is -0.600. The topological polar surface area (TPSA) is 46.2 Å². The Morgan fingerprint density at radius 2 is 1.75 bits per heavy atom. The molecule has 0 spiro atoms. The van der Waals surface area contributed by atoms with Crippen molar-refractivity contribution in [1.82, 2.24) is 4.72 Å². The molecule has 1 N–H and O–H groups in total. The fourth-order valence-electron chi connectivity index (χ4n) is 1.35. The van der Waals surface area contributed by atoms with Gasteiger partial charge in [-0.2, -0.15) is 13.2 Å². The summed E-state index contributed by atoms with van der Waals surface area (Å²) < 4.78 is 64.8. The summed E-state index contributed by atoms with van der Waals surface area (Å²) in [6.07, 6.45) is -4.71. The van der Waals surface area contributed by atoms with Crippen molar-refractivity contribution in [1.29, 1.82) is 0 Å². The summed E-state index contributed by atoms with van der Waals surface area (Å²) in [6, 6.07) is 4.13. The Labute approximate surface area is 124 Å². The van der Waals surface area contributed by atoms with E-state index < -0.39 is 32.1 Å². The maximum absolute atomic E-state index is 12.8. The maximum atomic E-state index is 12.8. The molecule has 0 aliphatic carbocycles. The maximum Gasteiger partial charge on any atom is 0.417 e. The summed E-state index contributed by atoms with van der Waals surface area (Å²) >= 11 is 3.23. The van der Waals surface area contributed by atoms with Crippen LogP contribution < -0.4 is 4.72 Å². The monoisotopic (exact) mass is 373 g/mol. The van der Waals surface area contributed by atoms with Crippen molar-refractivity contribution in [3.63, 3.8) is 0 Å². The van der Waals surface area contributed by atoms with Gasteiger partial charge in [-0.05, 0) is 17.5 Å². The highest BCUT2D eigenvalue weighted by Crippen LogP contribution is 2.34. The third-order valence-electron chi connectivity index (χ3n) is 2.58. The quantitative estimate of drug-likeness (QED) is 0.803. The molecule has 0 atom stereocenters. The number of halogens is 4. The van der Waals surface area contributed by atoms with Gasteiger partial charge in [0.05, 0.1) is 10.5 Å². The van der Waals surface area contributed by atoms with Crippen LogP contribution in [0.3, 0.4) is 0 Å². The molecule has 0 heterocycles. The van der Waals surface area contributed by atoms with Crippen LogP contribution in [0.4, 0.5) is 13.2 Å². The lowest BCUT2D eigenvalue weighted by molar-refractivity contribution is -0.139. The van der Waals surface area contributed by atoms with E-state index in [1.54, 1.807) is 13.8 Å². The molecule has 1 aromatic rings. The van der Waals surface area contributed by atoms with E-state index in [-0.39, 0.29) is 6.54 Å². The Morgan fingerprint density at radius 3 is 2.25 bits per heavy atom. The second-order valence-corrected chi connectivity index (χ2v) is 7.41. The summed E-state index contributed by atoms with van der Waals surface area (Å²) in [4.78, 5) is -0.752. The van der Waals surface area contributed by atoms with Crippen LogP contribution in [-0.2, 0) is 16.2 Å². The molecule has 3 nitrogen and oxygen atoms in total.